The molecule has 4 aromatic rings. The van der Waals surface area contributed by atoms with Crippen LogP contribution in [0.15, 0.2) is 53.3 Å². The average molecular weight is 337 g/mol. The molecule has 0 aliphatic heterocycles. The molecule has 1 atom stereocenters. The minimum atomic E-state index is -0.262. The van der Waals surface area contributed by atoms with Gasteiger partial charge in [-0.2, -0.15) is 9.61 Å². The summed E-state index contributed by atoms with van der Waals surface area (Å²) in [5, 5.41) is 5.70. The first kappa shape index (κ1) is 14.8. The fourth-order valence-corrected chi connectivity index (χ4v) is 3.38. The van der Waals surface area contributed by atoms with Crippen molar-refractivity contribution in [3.05, 3.63) is 69.5 Å². The maximum absolute atomic E-state index is 12.5. The van der Waals surface area contributed by atoms with Crippen molar-refractivity contribution in [2.75, 3.05) is 0 Å². The fraction of sp³-hybridized carbons (Fsp3) is 0.167. The van der Waals surface area contributed by atoms with Gasteiger partial charge in [0.2, 0.25) is 4.96 Å². The fourth-order valence-electron chi connectivity index (χ4n) is 2.51. The summed E-state index contributed by atoms with van der Waals surface area (Å²) in [5.74, 6) is 0.776. The summed E-state index contributed by atoms with van der Waals surface area (Å²) >= 11 is 1.37. The number of ether oxygens (including phenoxy) is 1. The number of para-hydroxylation sites is 1. The third-order valence-corrected chi connectivity index (χ3v) is 4.87. The van der Waals surface area contributed by atoms with Gasteiger partial charge in [-0.05, 0) is 38.1 Å². The number of hydrogen-bond donors (Lipinski definition) is 0. The molecular weight excluding hydrogens is 322 g/mol. The molecule has 0 bridgehead atoms. The molecule has 0 N–H and O–H groups in total. The molecule has 2 aromatic heterocycles. The van der Waals surface area contributed by atoms with Crippen molar-refractivity contribution in [1.29, 1.82) is 0 Å². The summed E-state index contributed by atoms with van der Waals surface area (Å²) in [6, 6.07) is 15.2. The van der Waals surface area contributed by atoms with Gasteiger partial charge in [-0.25, -0.2) is 4.98 Å². The van der Waals surface area contributed by atoms with Crippen LogP contribution in [-0.4, -0.2) is 14.6 Å². The number of hydrogen-bond acceptors (Lipinski definition) is 5. The molecule has 24 heavy (non-hydrogen) atoms. The molecule has 0 radical (unpaired) electrons. The molecule has 5 nitrogen and oxygen atoms in total. The lowest BCUT2D eigenvalue weighted by Crippen LogP contribution is -2.15. The summed E-state index contributed by atoms with van der Waals surface area (Å²) in [6.45, 7) is 3.95. The highest BCUT2D eigenvalue weighted by atomic mass is 32.1. The maximum atomic E-state index is 12.5. The standard InChI is InChI=1S/C18H15N3O2S/c1-11-7-9-13(10-8-11)23-12(2)16-20-21-17(22)14-5-3-4-6-15(14)19-18(21)24-16/h3-10,12H,1-2H3. The lowest BCUT2D eigenvalue weighted by atomic mass is 10.2. The molecule has 2 aromatic carbocycles. The summed E-state index contributed by atoms with van der Waals surface area (Å²) < 4.78 is 7.29. The van der Waals surface area contributed by atoms with E-state index < -0.39 is 0 Å². The smallest absolute Gasteiger partial charge is 0.283 e. The molecule has 1 unspecified atom stereocenters. The van der Waals surface area contributed by atoms with E-state index in [9.17, 15) is 4.79 Å². The number of nitrogens with zero attached hydrogens (tertiary/aromatic N) is 3. The zero-order chi connectivity index (χ0) is 16.7. The van der Waals surface area contributed by atoms with E-state index in [0.717, 1.165) is 10.8 Å². The van der Waals surface area contributed by atoms with Gasteiger partial charge in [0, 0.05) is 0 Å². The van der Waals surface area contributed by atoms with E-state index in [1.807, 2.05) is 56.3 Å². The Kier molecular flexibility index (Phi) is 3.54. The van der Waals surface area contributed by atoms with Crippen molar-refractivity contribution in [2.24, 2.45) is 0 Å². The van der Waals surface area contributed by atoms with Crippen LogP contribution in [-0.2, 0) is 0 Å². The molecule has 2 heterocycles. The molecule has 0 saturated carbocycles. The summed E-state index contributed by atoms with van der Waals surface area (Å²) in [4.78, 5) is 17.6. The maximum Gasteiger partial charge on any atom is 0.283 e. The normalized spacial score (nSPS) is 12.6. The highest BCUT2D eigenvalue weighted by Gasteiger charge is 2.16. The van der Waals surface area contributed by atoms with Gasteiger partial charge in [-0.3, -0.25) is 4.79 Å². The van der Waals surface area contributed by atoms with Gasteiger partial charge in [0.15, 0.2) is 5.01 Å². The number of benzene rings is 2. The first-order valence-electron chi connectivity index (χ1n) is 7.63. The Balaban J connectivity index is 1.74. The quantitative estimate of drug-likeness (QED) is 0.571. The van der Waals surface area contributed by atoms with Crippen LogP contribution in [0, 0.1) is 6.92 Å². The summed E-state index contributed by atoms with van der Waals surface area (Å²) in [5.41, 5.74) is 1.71. The molecule has 120 valence electrons. The van der Waals surface area contributed by atoms with Crippen LogP contribution in [0.5, 0.6) is 5.75 Å². The second-order valence-corrected chi connectivity index (χ2v) is 6.63. The molecule has 0 aliphatic carbocycles. The lowest BCUT2D eigenvalue weighted by Gasteiger charge is -2.11. The van der Waals surface area contributed by atoms with Gasteiger partial charge < -0.3 is 4.74 Å². The highest BCUT2D eigenvalue weighted by molar-refractivity contribution is 7.16. The van der Waals surface area contributed by atoms with E-state index >= 15 is 0 Å². The van der Waals surface area contributed by atoms with Gasteiger partial charge in [0.25, 0.3) is 5.56 Å². The first-order chi connectivity index (χ1) is 11.6. The number of aromatic nitrogens is 3. The molecule has 0 fully saturated rings. The van der Waals surface area contributed by atoms with E-state index in [2.05, 4.69) is 10.1 Å². The van der Waals surface area contributed by atoms with Crippen LogP contribution in [0.4, 0.5) is 0 Å². The van der Waals surface area contributed by atoms with E-state index in [1.54, 1.807) is 6.07 Å². The molecule has 0 aliphatic rings. The molecule has 0 saturated heterocycles. The predicted molar refractivity (Wildman–Crippen MR) is 94.9 cm³/mol. The van der Waals surface area contributed by atoms with Crippen molar-refractivity contribution in [1.82, 2.24) is 14.6 Å². The number of aryl methyl sites for hydroxylation is 1. The van der Waals surface area contributed by atoms with Crippen LogP contribution in [0.2, 0.25) is 0 Å². The Morgan fingerprint density at radius 3 is 2.67 bits per heavy atom. The minimum absolute atomic E-state index is 0.152. The first-order valence-corrected chi connectivity index (χ1v) is 8.45. The van der Waals surface area contributed by atoms with Gasteiger partial charge >= 0.3 is 0 Å². The average Bonchev–Trinajstić information content (AvgIpc) is 3.02. The molecule has 0 amide bonds. The van der Waals surface area contributed by atoms with Crippen LogP contribution >= 0.6 is 11.3 Å². The SMILES string of the molecule is Cc1ccc(OC(C)c2nn3c(=O)c4ccccc4nc3s2)cc1. The van der Waals surface area contributed by atoms with Crippen molar-refractivity contribution >= 4 is 27.2 Å². The van der Waals surface area contributed by atoms with Crippen LogP contribution in [0.25, 0.3) is 15.9 Å². The van der Waals surface area contributed by atoms with E-state index in [-0.39, 0.29) is 11.7 Å². The van der Waals surface area contributed by atoms with Gasteiger partial charge in [-0.1, -0.05) is 41.2 Å². The van der Waals surface area contributed by atoms with Crippen LogP contribution in [0.3, 0.4) is 0 Å². The zero-order valence-electron chi connectivity index (χ0n) is 13.3. The third-order valence-electron chi connectivity index (χ3n) is 3.80. The zero-order valence-corrected chi connectivity index (χ0v) is 14.1. The van der Waals surface area contributed by atoms with E-state index in [1.165, 1.54) is 21.4 Å². The van der Waals surface area contributed by atoms with E-state index in [0.29, 0.717) is 15.9 Å². The molecule has 0 spiro atoms. The summed E-state index contributed by atoms with van der Waals surface area (Å²) in [6.07, 6.45) is -0.262. The summed E-state index contributed by atoms with van der Waals surface area (Å²) in [7, 11) is 0. The van der Waals surface area contributed by atoms with Crippen molar-refractivity contribution < 1.29 is 4.74 Å². The third kappa shape index (κ3) is 2.55. The number of rotatable bonds is 3. The highest BCUT2D eigenvalue weighted by Crippen LogP contribution is 2.25. The second-order valence-electron chi connectivity index (χ2n) is 5.64. The molecule has 4 rings (SSSR count). The van der Waals surface area contributed by atoms with Crippen LogP contribution < -0.4 is 10.3 Å². The monoisotopic (exact) mass is 337 g/mol. The molecular formula is C18H15N3O2S. The van der Waals surface area contributed by atoms with Gasteiger partial charge in [-0.15, -0.1) is 0 Å². The van der Waals surface area contributed by atoms with Crippen LogP contribution in [0.1, 0.15) is 23.6 Å². The Labute approximate surface area is 142 Å². The lowest BCUT2D eigenvalue weighted by molar-refractivity contribution is 0.225. The van der Waals surface area contributed by atoms with Gasteiger partial charge in [0.05, 0.1) is 10.9 Å². The Morgan fingerprint density at radius 1 is 1.12 bits per heavy atom. The Morgan fingerprint density at radius 2 is 1.88 bits per heavy atom. The second kappa shape index (κ2) is 5.72. The predicted octanol–water partition coefficient (Wildman–Crippen LogP) is 3.75. The Hall–Kier alpha value is -2.73. The largest absolute Gasteiger partial charge is 0.483 e. The Bertz CT molecular complexity index is 1080. The van der Waals surface area contributed by atoms with Crippen molar-refractivity contribution in [3.63, 3.8) is 0 Å². The van der Waals surface area contributed by atoms with Crippen molar-refractivity contribution in [2.45, 2.75) is 20.0 Å². The van der Waals surface area contributed by atoms with Crippen molar-refractivity contribution in [3.8, 4) is 5.75 Å². The number of fused-ring (bicyclic) bond motifs is 2. The van der Waals surface area contributed by atoms with E-state index in [4.69, 9.17) is 4.74 Å². The minimum Gasteiger partial charge on any atom is -0.483 e. The molecule has 6 heteroatoms. The topological polar surface area (TPSA) is 56.5 Å². The van der Waals surface area contributed by atoms with Gasteiger partial charge in [0.1, 0.15) is 11.9 Å².